The van der Waals surface area contributed by atoms with Gasteiger partial charge >= 0.3 is 0 Å². The first-order valence-corrected chi connectivity index (χ1v) is 8.37. The summed E-state index contributed by atoms with van der Waals surface area (Å²) < 4.78 is 0. The molecular weight excluding hydrogens is 316 g/mol. The monoisotopic (exact) mass is 334 g/mol. The molecule has 25 heavy (non-hydrogen) atoms. The molecule has 0 aromatic heterocycles. The van der Waals surface area contributed by atoms with E-state index in [0.717, 1.165) is 17.5 Å². The van der Waals surface area contributed by atoms with Crippen LogP contribution in [0.25, 0.3) is 0 Å². The largest absolute Gasteiger partial charge is 0.271 e. The Morgan fingerprint density at radius 2 is 1.64 bits per heavy atom. The molecular formula is C19H18N4O2. The molecule has 0 saturated carbocycles. The Morgan fingerprint density at radius 1 is 0.920 bits per heavy atom. The maximum absolute atomic E-state index is 12.9. The first-order chi connectivity index (χ1) is 12.2. The minimum Gasteiger partial charge on any atom is -0.271 e. The molecule has 0 unspecified atom stereocenters. The van der Waals surface area contributed by atoms with Crippen LogP contribution in [0.1, 0.15) is 18.1 Å². The van der Waals surface area contributed by atoms with E-state index in [2.05, 4.69) is 17.3 Å². The van der Waals surface area contributed by atoms with E-state index in [0.29, 0.717) is 12.2 Å². The first kappa shape index (κ1) is 15.5. The Labute approximate surface area is 145 Å². The van der Waals surface area contributed by atoms with Gasteiger partial charge in [0, 0.05) is 0 Å². The van der Waals surface area contributed by atoms with E-state index in [4.69, 9.17) is 0 Å². The molecule has 2 amide bonds. The zero-order valence-electron chi connectivity index (χ0n) is 13.9. The van der Waals surface area contributed by atoms with Crippen molar-refractivity contribution in [3.63, 3.8) is 0 Å². The topological polar surface area (TPSA) is 65.3 Å². The molecule has 126 valence electrons. The Morgan fingerprint density at radius 3 is 2.32 bits per heavy atom. The highest BCUT2D eigenvalue weighted by molar-refractivity contribution is 6.25. The SMILES string of the molecule is CCc1ccc(N2C(=O)[C@H]3N=NN(Cc4ccccc4)[C@H]3C2=O)cc1. The van der Waals surface area contributed by atoms with Crippen molar-refractivity contribution in [3.8, 4) is 0 Å². The van der Waals surface area contributed by atoms with Crippen LogP contribution in [-0.2, 0) is 22.6 Å². The predicted octanol–water partition coefficient (Wildman–Crippen LogP) is 2.74. The number of hydrogen-bond donors (Lipinski definition) is 0. The van der Waals surface area contributed by atoms with E-state index in [1.165, 1.54) is 4.90 Å². The molecule has 2 aromatic carbocycles. The van der Waals surface area contributed by atoms with Gasteiger partial charge in [0.15, 0.2) is 12.1 Å². The van der Waals surface area contributed by atoms with E-state index in [1.54, 1.807) is 5.01 Å². The standard InChI is InChI=1S/C19H18N4O2/c1-2-13-8-10-15(11-9-13)23-18(24)16-17(19(23)25)22(21-20-16)12-14-6-4-3-5-7-14/h3-11,16-17H,2,12H2,1H3/t16-,17+/m0/s1. The summed E-state index contributed by atoms with van der Waals surface area (Å²) in [7, 11) is 0. The number of hydrogen-bond acceptors (Lipinski definition) is 5. The minimum atomic E-state index is -0.748. The van der Waals surface area contributed by atoms with Crippen LogP contribution in [0.5, 0.6) is 0 Å². The lowest BCUT2D eigenvalue weighted by Crippen LogP contribution is -2.39. The second-order valence-electron chi connectivity index (χ2n) is 6.21. The Kier molecular flexibility index (Phi) is 3.80. The third-order valence-electron chi connectivity index (χ3n) is 4.65. The van der Waals surface area contributed by atoms with Crippen LogP contribution < -0.4 is 4.90 Å². The molecule has 6 nitrogen and oxygen atoms in total. The van der Waals surface area contributed by atoms with Gasteiger partial charge in [0.2, 0.25) is 0 Å². The summed E-state index contributed by atoms with van der Waals surface area (Å²) in [6.45, 7) is 2.51. The van der Waals surface area contributed by atoms with Gasteiger partial charge in [0.25, 0.3) is 11.8 Å². The predicted molar refractivity (Wildman–Crippen MR) is 92.7 cm³/mol. The molecule has 2 aliphatic heterocycles. The fourth-order valence-electron chi connectivity index (χ4n) is 3.26. The summed E-state index contributed by atoms with van der Waals surface area (Å²) in [6, 6.07) is 15.8. The van der Waals surface area contributed by atoms with Crippen molar-refractivity contribution < 1.29 is 9.59 Å². The van der Waals surface area contributed by atoms with Crippen molar-refractivity contribution in [1.82, 2.24) is 5.01 Å². The lowest BCUT2D eigenvalue weighted by Gasteiger charge is -2.20. The number of amides is 2. The maximum atomic E-state index is 12.9. The molecule has 0 bridgehead atoms. The van der Waals surface area contributed by atoms with Crippen molar-refractivity contribution in [3.05, 3.63) is 65.7 Å². The number of imide groups is 1. The van der Waals surface area contributed by atoms with Gasteiger partial charge in [-0.25, -0.2) is 4.90 Å². The Bertz CT molecular complexity index is 832. The van der Waals surface area contributed by atoms with Gasteiger partial charge < -0.3 is 0 Å². The van der Waals surface area contributed by atoms with Gasteiger partial charge in [0.05, 0.1) is 12.2 Å². The lowest BCUT2D eigenvalue weighted by atomic mass is 10.1. The van der Waals surface area contributed by atoms with Crippen molar-refractivity contribution in [2.75, 3.05) is 4.90 Å². The number of fused-ring (bicyclic) bond motifs is 1. The Balaban J connectivity index is 1.59. The normalized spacial score (nSPS) is 22.0. The van der Waals surface area contributed by atoms with Crippen LogP contribution in [0.4, 0.5) is 5.69 Å². The summed E-state index contributed by atoms with van der Waals surface area (Å²) in [6.07, 6.45) is 0.909. The number of nitrogens with zero attached hydrogens (tertiary/aromatic N) is 4. The van der Waals surface area contributed by atoms with Crippen LogP contribution in [0.2, 0.25) is 0 Å². The summed E-state index contributed by atoms with van der Waals surface area (Å²) in [5.74, 6) is -0.571. The molecule has 1 fully saturated rings. The van der Waals surface area contributed by atoms with Gasteiger partial charge in [-0.3, -0.25) is 14.6 Å². The van der Waals surface area contributed by atoms with Crippen LogP contribution >= 0.6 is 0 Å². The highest BCUT2D eigenvalue weighted by Gasteiger charge is 2.54. The van der Waals surface area contributed by atoms with E-state index < -0.39 is 12.1 Å². The molecule has 6 heteroatoms. The highest BCUT2D eigenvalue weighted by Crippen LogP contribution is 2.32. The van der Waals surface area contributed by atoms with Crippen molar-refractivity contribution in [1.29, 1.82) is 0 Å². The molecule has 2 aliphatic rings. The zero-order chi connectivity index (χ0) is 17.4. The molecule has 2 aromatic rings. The minimum absolute atomic E-state index is 0.264. The molecule has 2 atom stereocenters. The van der Waals surface area contributed by atoms with E-state index >= 15 is 0 Å². The molecule has 1 saturated heterocycles. The first-order valence-electron chi connectivity index (χ1n) is 8.37. The number of rotatable bonds is 4. The van der Waals surface area contributed by atoms with E-state index in [-0.39, 0.29) is 11.8 Å². The van der Waals surface area contributed by atoms with Crippen LogP contribution in [0.15, 0.2) is 64.9 Å². The smallest absolute Gasteiger partial charge is 0.263 e. The number of benzene rings is 2. The third kappa shape index (κ3) is 2.59. The van der Waals surface area contributed by atoms with Crippen molar-refractivity contribution in [2.24, 2.45) is 10.3 Å². The number of carbonyl (C=O) groups is 2. The summed E-state index contributed by atoms with van der Waals surface area (Å²) in [5, 5.41) is 9.73. The second-order valence-corrected chi connectivity index (χ2v) is 6.21. The zero-order valence-corrected chi connectivity index (χ0v) is 13.9. The molecule has 0 radical (unpaired) electrons. The molecule has 0 aliphatic carbocycles. The van der Waals surface area contributed by atoms with Crippen molar-refractivity contribution >= 4 is 17.5 Å². The summed E-state index contributed by atoms with van der Waals surface area (Å²) in [4.78, 5) is 26.8. The van der Waals surface area contributed by atoms with E-state index in [1.807, 2.05) is 54.6 Å². The van der Waals surface area contributed by atoms with E-state index in [9.17, 15) is 9.59 Å². The van der Waals surface area contributed by atoms with Gasteiger partial charge in [-0.2, -0.15) is 5.11 Å². The average molecular weight is 334 g/mol. The summed E-state index contributed by atoms with van der Waals surface area (Å²) >= 11 is 0. The number of aryl methyl sites for hydroxylation is 1. The Hall–Kier alpha value is -3.02. The van der Waals surface area contributed by atoms with Gasteiger partial charge in [-0.05, 0) is 29.7 Å². The lowest BCUT2D eigenvalue weighted by molar-refractivity contribution is -0.123. The van der Waals surface area contributed by atoms with Crippen LogP contribution in [0.3, 0.4) is 0 Å². The third-order valence-corrected chi connectivity index (χ3v) is 4.65. The number of carbonyl (C=O) groups excluding carboxylic acids is 2. The fraction of sp³-hybridized carbons (Fsp3) is 0.263. The van der Waals surface area contributed by atoms with Crippen molar-refractivity contribution in [2.45, 2.75) is 32.0 Å². The van der Waals surface area contributed by atoms with Crippen LogP contribution in [0, 0.1) is 0 Å². The molecule has 0 spiro atoms. The molecule has 4 rings (SSSR count). The summed E-state index contributed by atoms with van der Waals surface area (Å²) in [5.41, 5.74) is 2.78. The molecule has 2 heterocycles. The van der Waals surface area contributed by atoms with Crippen LogP contribution in [-0.4, -0.2) is 28.9 Å². The highest BCUT2D eigenvalue weighted by atomic mass is 16.2. The average Bonchev–Trinajstić information content (AvgIpc) is 3.16. The van der Waals surface area contributed by atoms with Gasteiger partial charge in [-0.1, -0.05) is 54.6 Å². The second kappa shape index (κ2) is 6.12. The maximum Gasteiger partial charge on any atom is 0.263 e. The van der Waals surface area contributed by atoms with Gasteiger partial charge in [0.1, 0.15) is 0 Å². The quantitative estimate of drug-likeness (QED) is 0.808. The molecule has 0 N–H and O–H groups in total. The van der Waals surface area contributed by atoms with Gasteiger partial charge in [-0.15, -0.1) is 0 Å². The fourth-order valence-corrected chi connectivity index (χ4v) is 3.26. The number of anilines is 1.